The molecule has 1 N–H and O–H groups in total. The number of nitrogens with one attached hydrogen (secondary N) is 1. The molecule has 2 aromatic carbocycles. The highest BCUT2D eigenvalue weighted by molar-refractivity contribution is 6.30. The number of benzene rings is 2. The van der Waals surface area contributed by atoms with Crippen molar-refractivity contribution in [2.45, 2.75) is 0 Å². The SMILES string of the molecule is COc1ccc(NC(=O)COc2ccc(F)c(Cl)c2)c(OC)c1. The van der Waals surface area contributed by atoms with Gasteiger partial charge in [0.1, 0.15) is 23.1 Å². The molecule has 0 heterocycles. The summed E-state index contributed by atoms with van der Waals surface area (Å²) in [6, 6.07) is 8.86. The predicted octanol–water partition coefficient (Wildman–Crippen LogP) is 3.51. The first-order valence-corrected chi connectivity index (χ1v) is 7.01. The van der Waals surface area contributed by atoms with E-state index < -0.39 is 11.7 Å². The van der Waals surface area contributed by atoms with Crippen molar-refractivity contribution in [2.24, 2.45) is 0 Å². The summed E-state index contributed by atoms with van der Waals surface area (Å²) < 4.78 is 28.6. The van der Waals surface area contributed by atoms with Gasteiger partial charge in [0, 0.05) is 12.1 Å². The minimum Gasteiger partial charge on any atom is -0.497 e. The van der Waals surface area contributed by atoms with Crippen LogP contribution in [0.25, 0.3) is 0 Å². The zero-order valence-corrected chi connectivity index (χ0v) is 13.3. The van der Waals surface area contributed by atoms with Crippen molar-refractivity contribution >= 4 is 23.2 Å². The normalized spacial score (nSPS) is 10.1. The number of methoxy groups -OCH3 is 2. The van der Waals surface area contributed by atoms with Crippen molar-refractivity contribution in [3.05, 3.63) is 47.2 Å². The fourth-order valence-corrected chi connectivity index (χ4v) is 1.97. The predicted molar refractivity (Wildman–Crippen MR) is 85.1 cm³/mol. The maximum absolute atomic E-state index is 13.0. The largest absolute Gasteiger partial charge is 0.497 e. The molecule has 0 radical (unpaired) electrons. The highest BCUT2D eigenvalue weighted by Gasteiger charge is 2.10. The minimum atomic E-state index is -0.550. The van der Waals surface area contributed by atoms with E-state index in [1.54, 1.807) is 18.2 Å². The highest BCUT2D eigenvalue weighted by atomic mass is 35.5. The van der Waals surface area contributed by atoms with Crippen LogP contribution in [0.15, 0.2) is 36.4 Å². The molecular formula is C16H15ClFNO4. The van der Waals surface area contributed by atoms with Gasteiger partial charge < -0.3 is 19.5 Å². The van der Waals surface area contributed by atoms with Gasteiger partial charge in [-0.3, -0.25) is 4.79 Å². The summed E-state index contributed by atoms with van der Waals surface area (Å²) in [5, 5.41) is 2.59. The molecule has 0 atom stereocenters. The molecule has 0 aliphatic rings. The van der Waals surface area contributed by atoms with E-state index in [1.165, 1.54) is 32.4 Å². The van der Waals surface area contributed by atoms with Crippen molar-refractivity contribution in [1.82, 2.24) is 0 Å². The molecule has 5 nitrogen and oxygen atoms in total. The fourth-order valence-electron chi connectivity index (χ4n) is 1.80. The Labute approximate surface area is 137 Å². The van der Waals surface area contributed by atoms with Gasteiger partial charge in [-0.25, -0.2) is 4.39 Å². The summed E-state index contributed by atoms with van der Waals surface area (Å²) in [5.74, 6) is 0.424. The fraction of sp³-hybridized carbons (Fsp3) is 0.188. The van der Waals surface area contributed by atoms with E-state index in [9.17, 15) is 9.18 Å². The molecule has 7 heteroatoms. The molecule has 0 bridgehead atoms. The lowest BCUT2D eigenvalue weighted by atomic mass is 10.2. The van der Waals surface area contributed by atoms with Crippen LogP contribution in [0.2, 0.25) is 5.02 Å². The number of rotatable bonds is 6. The summed E-state index contributed by atoms with van der Waals surface area (Å²) in [5.41, 5.74) is 0.485. The number of carbonyl (C=O) groups excluding carboxylic acids is 1. The van der Waals surface area contributed by atoms with Crippen molar-refractivity contribution < 1.29 is 23.4 Å². The lowest BCUT2D eigenvalue weighted by Crippen LogP contribution is -2.20. The summed E-state index contributed by atoms with van der Waals surface area (Å²) in [6.07, 6.45) is 0. The zero-order valence-electron chi connectivity index (χ0n) is 12.6. The maximum atomic E-state index is 13.0. The van der Waals surface area contributed by atoms with Gasteiger partial charge in [0.25, 0.3) is 5.91 Å². The Balaban J connectivity index is 1.98. The molecule has 23 heavy (non-hydrogen) atoms. The highest BCUT2D eigenvalue weighted by Crippen LogP contribution is 2.29. The molecule has 0 aliphatic carbocycles. The Morgan fingerprint density at radius 1 is 1.13 bits per heavy atom. The third-order valence-electron chi connectivity index (χ3n) is 2.94. The van der Waals surface area contributed by atoms with Gasteiger partial charge in [-0.2, -0.15) is 0 Å². The first kappa shape index (κ1) is 16.9. The van der Waals surface area contributed by atoms with E-state index in [0.717, 1.165) is 0 Å². The molecule has 0 aliphatic heterocycles. The first-order valence-electron chi connectivity index (χ1n) is 6.63. The average molecular weight is 340 g/mol. The topological polar surface area (TPSA) is 56.8 Å². The van der Waals surface area contributed by atoms with Crippen LogP contribution in [0.4, 0.5) is 10.1 Å². The van der Waals surface area contributed by atoms with Crippen LogP contribution in [-0.2, 0) is 4.79 Å². The van der Waals surface area contributed by atoms with Crippen molar-refractivity contribution in [3.8, 4) is 17.2 Å². The molecule has 2 aromatic rings. The van der Waals surface area contributed by atoms with Gasteiger partial charge in [0.2, 0.25) is 0 Å². The molecule has 2 rings (SSSR count). The molecule has 0 aromatic heterocycles. The monoisotopic (exact) mass is 339 g/mol. The maximum Gasteiger partial charge on any atom is 0.262 e. The first-order chi connectivity index (χ1) is 11.0. The molecule has 0 saturated heterocycles. The number of hydrogen-bond acceptors (Lipinski definition) is 4. The van der Waals surface area contributed by atoms with Crippen LogP contribution >= 0.6 is 11.6 Å². The minimum absolute atomic E-state index is 0.0697. The number of amides is 1. The van der Waals surface area contributed by atoms with Crippen LogP contribution in [0.1, 0.15) is 0 Å². The second kappa shape index (κ2) is 7.69. The van der Waals surface area contributed by atoms with E-state index in [0.29, 0.717) is 22.9 Å². The van der Waals surface area contributed by atoms with Crippen molar-refractivity contribution in [1.29, 1.82) is 0 Å². The molecule has 0 spiro atoms. The number of hydrogen-bond donors (Lipinski definition) is 1. The number of halogens is 2. The molecule has 1 amide bonds. The molecule has 0 fully saturated rings. The van der Waals surface area contributed by atoms with Crippen molar-refractivity contribution in [2.75, 3.05) is 26.1 Å². The van der Waals surface area contributed by atoms with Crippen LogP contribution < -0.4 is 19.5 Å². The second-order valence-electron chi connectivity index (χ2n) is 4.48. The van der Waals surface area contributed by atoms with Gasteiger partial charge in [-0.1, -0.05) is 11.6 Å². The Bertz CT molecular complexity index is 708. The zero-order chi connectivity index (χ0) is 16.8. The van der Waals surface area contributed by atoms with Gasteiger partial charge in [0.15, 0.2) is 6.61 Å². The van der Waals surface area contributed by atoms with Gasteiger partial charge in [0.05, 0.1) is 24.9 Å². The summed E-state index contributed by atoms with van der Waals surface area (Å²) in [6.45, 7) is -0.253. The molecular weight excluding hydrogens is 325 g/mol. The Hall–Kier alpha value is -2.47. The van der Waals surface area contributed by atoms with Crippen molar-refractivity contribution in [3.63, 3.8) is 0 Å². The Morgan fingerprint density at radius 2 is 1.87 bits per heavy atom. The number of carbonyl (C=O) groups is 1. The Kier molecular flexibility index (Phi) is 5.65. The lowest BCUT2D eigenvalue weighted by molar-refractivity contribution is -0.118. The van der Waals surface area contributed by atoms with E-state index >= 15 is 0 Å². The van der Waals surface area contributed by atoms with Gasteiger partial charge >= 0.3 is 0 Å². The van der Waals surface area contributed by atoms with Gasteiger partial charge in [-0.05, 0) is 24.3 Å². The standard InChI is InChI=1S/C16H15ClFNO4/c1-21-10-4-6-14(15(8-10)22-2)19-16(20)9-23-11-3-5-13(18)12(17)7-11/h3-8H,9H2,1-2H3,(H,19,20). The van der Waals surface area contributed by atoms with E-state index in [2.05, 4.69) is 5.32 Å². The second-order valence-corrected chi connectivity index (χ2v) is 4.89. The third-order valence-corrected chi connectivity index (χ3v) is 3.23. The molecule has 0 saturated carbocycles. The molecule has 0 unspecified atom stereocenters. The van der Waals surface area contributed by atoms with Gasteiger partial charge in [-0.15, -0.1) is 0 Å². The van der Waals surface area contributed by atoms with Crippen LogP contribution in [-0.4, -0.2) is 26.7 Å². The number of ether oxygens (including phenoxy) is 3. The quantitative estimate of drug-likeness (QED) is 0.875. The molecule has 122 valence electrons. The average Bonchev–Trinajstić information content (AvgIpc) is 2.56. The summed E-state index contributed by atoms with van der Waals surface area (Å²) in [7, 11) is 3.02. The van der Waals surface area contributed by atoms with E-state index in [4.69, 9.17) is 25.8 Å². The summed E-state index contributed by atoms with van der Waals surface area (Å²) in [4.78, 5) is 11.9. The Morgan fingerprint density at radius 3 is 2.52 bits per heavy atom. The van der Waals surface area contributed by atoms with Crippen LogP contribution in [0.5, 0.6) is 17.2 Å². The summed E-state index contributed by atoms with van der Waals surface area (Å²) >= 11 is 5.64. The third kappa shape index (κ3) is 4.50. The van der Waals surface area contributed by atoms with E-state index in [-0.39, 0.29) is 11.6 Å². The van der Waals surface area contributed by atoms with E-state index in [1.807, 2.05) is 0 Å². The lowest BCUT2D eigenvalue weighted by Gasteiger charge is -2.12. The van der Waals surface area contributed by atoms with Crippen LogP contribution in [0.3, 0.4) is 0 Å². The van der Waals surface area contributed by atoms with Crippen LogP contribution in [0, 0.1) is 5.82 Å². The number of anilines is 1. The smallest absolute Gasteiger partial charge is 0.262 e.